The zero-order chi connectivity index (χ0) is 19.2. The molecular weight excluding hydrogens is 370 g/mol. The first-order chi connectivity index (χ1) is 11.3. The lowest BCUT2D eigenvalue weighted by molar-refractivity contribution is -0.146. The average Bonchev–Trinajstić information content (AvgIpc) is 2.46. The van der Waals surface area contributed by atoms with Crippen molar-refractivity contribution in [3.63, 3.8) is 0 Å². The quantitative estimate of drug-likeness (QED) is 0.786. The molecule has 1 N–H and O–H groups in total. The minimum absolute atomic E-state index is 0.155. The van der Waals surface area contributed by atoms with Crippen molar-refractivity contribution in [3.8, 4) is 5.75 Å². The molecule has 0 unspecified atom stereocenters. The lowest BCUT2D eigenvalue weighted by Crippen LogP contribution is -2.50. The van der Waals surface area contributed by atoms with Crippen LogP contribution in [0.5, 0.6) is 5.75 Å². The molecule has 25 heavy (non-hydrogen) atoms. The van der Waals surface area contributed by atoms with E-state index in [0.717, 1.165) is 7.11 Å². The minimum atomic E-state index is -5.41. The third-order valence-electron chi connectivity index (χ3n) is 3.36. The van der Waals surface area contributed by atoms with Gasteiger partial charge in [0.1, 0.15) is 11.8 Å². The van der Waals surface area contributed by atoms with Crippen molar-refractivity contribution in [1.82, 2.24) is 5.32 Å². The Labute approximate surface area is 134 Å². The molecule has 2 rings (SSSR count). The number of rotatable bonds is 2. The summed E-state index contributed by atoms with van der Waals surface area (Å²) in [7, 11) is 0.721. The van der Waals surface area contributed by atoms with Gasteiger partial charge in [-0.2, -0.15) is 26.3 Å². The van der Waals surface area contributed by atoms with Gasteiger partial charge in [0.05, 0.1) is 18.2 Å². The Kier molecular flexibility index (Phi) is 4.51. The normalized spacial score (nSPS) is 20.7. The molecule has 1 atom stereocenters. The molecule has 4 nitrogen and oxygen atoms in total. The number of amides is 1. The molecule has 1 fully saturated rings. The van der Waals surface area contributed by atoms with Crippen molar-refractivity contribution < 1.29 is 49.4 Å². The van der Waals surface area contributed by atoms with Gasteiger partial charge < -0.3 is 14.8 Å². The molecule has 1 aliphatic rings. The first-order valence-electron chi connectivity index (χ1n) is 6.45. The van der Waals surface area contributed by atoms with E-state index in [1.807, 2.05) is 0 Å². The number of cyclic esters (lactones) is 1. The molecule has 1 amide bonds. The Balaban J connectivity index is 2.77. The number of ether oxygens (including phenoxy) is 2. The van der Waals surface area contributed by atoms with Gasteiger partial charge >= 0.3 is 24.4 Å². The van der Waals surface area contributed by atoms with Crippen LogP contribution in [-0.2, 0) is 17.1 Å². The number of benzene rings is 1. The first kappa shape index (κ1) is 19.1. The average molecular weight is 379 g/mol. The summed E-state index contributed by atoms with van der Waals surface area (Å²) in [4.78, 5) is 11.2. The van der Waals surface area contributed by atoms with Crippen LogP contribution in [0.4, 0.5) is 39.9 Å². The van der Waals surface area contributed by atoms with E-state index in [1.165, 1.54) is 5.32 Å². The Morgan fingerprint density at radius 1 is 1.16 bits per heavy atom. The molecule has 0 spiro atoms. The highest BCUT2D eigenvalue weighted by molar-refractivity contribution is 5.70. The van der Waals surface area contributed by atoms with E-state index in [0.29, 0.717) is 0 Å². The predicted octanol–water partition coefficient (Wildman–Crippen LogP) is 4.15. The van der Waals surface area contributed by atoms with E-state index in [-0.39, 0.29) is 12.1 Å². The summed E-state index contributed by atoms with van der Waals surface area (Å²) < 4.78 is 114. The molecule has 0 saturated carbocycles. The van der Waals surface area contributed by atoms with Gasteiger partial charge in [-0.15, -0.1) is 0 Å². The number of nitrogens with one attached hydrogen (secondary N) is 1. The molecule has 0 aliphatic carbocycles. The summed E-state index contributed by atoms with van der Waals surface area (Å²) >= 11 is 0. The van der Waals surface area contributed by atoms with Crippen molar-refractivity contribution in [2.45, 2.75) is 24.3 Å². The Morgan fingerprint density at radius 3 is 2.24 bits per heavy atom. The summed E-state index contributed by atoms with van der Waals surface area (Å²) in [6, 6.07) is -2.74. The molecule has 1 saturated heterocycles. The maximum Gasteiger partial charge on any atom is 0.416 e. The van der Waals surface area contributed by atoms with Crippen LogP contribution in [0.3, 0.4) is 0 Å². The van der Waals surface area contributed by atoms with E-state index < -0.39 is 59.5 Å². The summed E-state index contributed by atoms with van der Waals surface area (Å²) in [6.07, 6.45) is -12.0. The van der Waals surface area contributed by atoms with Crippen LogP contribution in [0.25, 0.3) is 0 Å². The van der Waals surface area contributed by atoms with Crippen LogP contribution >= 0.6 is 0 Å². The lowest BCUT2D eigenvalue weighted by atomic mass is 9.91. The SMILES string of the molecule is COc1cc(C(F)(F)F)cc(C(F)(F)F)c1[C@H]1NC(=O)OCC1(F)F. The van der Waals surface area contributed by atoms with Crippen LogP contribution < -0.4 is 10.1 Å². The lowest BCUT2D eigenvalue weighted by Gasteiger charge is -2.34. The van der Waals surface area contributed by atoms with Gasteiger partial charge in [0.2, 0.25) is 0 Å². The van der Waals surface area contributed by atoms with E-state index >= 15 is 0 Å². The third kappa shape index (κ3) is 3.71. The molecule has 0 bridgehead atoms. The molecule has 140 valence electrons. The standard InChI is InChI=1S/C13H9F8NO3/c1-24-7-3-5(12(16,17)18)2-6(13(19,20)21)8(7)9-11(14,15)4-25-10(23)22-9/h2-3,9H,4H2,1H3,(H,22,23)/t9-/m1/s1. The summed E-state index contributed by atoms with van der Waals surface area (Å²) in [6.45, 7) is -1.54. The van der Waals surface area contributed by atoms with Crippen LogP contribution in [0.15, 0.2) is 12.1 Å². The van der Waals surface area contributed by atoms with Crippen LogP contribution in [0, 0.1) is 0 Å². The molecule has 12 heteroatoms. The number of alkyl carbamates (subject to hydrolysis) is 1. The Bertz CT molecular complexity index is 683. The predicted molar refractivity (Wildman–Crippen MR) is 65.2 cm³/mol. The monoisotopic (exact) mass is 379 g/mol. The van der Waals surface area contributed by atoms with Crippen molar-refractivity contribution >= 4 is 6.09 Å². The molecule has 1 aromatic carbocycles. The number of carbonyl (C=O) groups is 1. The van der Waals surface area contributed by atoms with Crippen molar-refractivity contribution in [3.05, 3.63) is 28.8 Å². The zero-order valence-corrected chi connectivity index (χ0v) is 12.2. The highest BCUT2D eigenvalue weighted by atomic mass is 19.4. The number of hydrogen-bond donors (Lipinski definition) is 1. The zero-order valence-electron chi connectivity index (χ0n) is 12.2. The Hall–Kier alpha value is -2.27. The number of methoxy groups -OCH3 is 1. The van der Waals surface area contributed by atoms with Gasteiger partial charge in [0.25, 0.3) is 0 Å². The summed E-state index contributed by atoms with van der Waals surface area (Å²) in [5.74, 6) is -5.10. The van der Waals surface area contributed by atoms with E-state index in [9.17, 15) is 39.9 Å². The molecule has 0 aromatic heterocycles. The first-order valence-corrected chi connectivity index (χ1v) is 6.45. The molecule has 1 aliphatic heterocycles. The number of hydrogen-bond acceptors (Lipinski definition) is 3. The van der Waals surface area contributed by atoms with E-state index in [2.05, 4.69) is 9.47 Å². The fourth-order valence-electron chi connectivity index (χ4n) is 2.29. The smallest absolute Gasteiger partial charge is 0.416 e. The number of alkyl halides is 8. The van der Waals surface area contributed by atoms with Crippen molar-refractivity contribution in [2.24, 2.45) is 0 Å². The largest absolute Gasteiger partial charge is 0.496 e. The van der Waals surface area contributed by atoms with Gasteiger partial charge in [-0.25, -0.2) is 13.6 Å². The third-order valence-corrected chi connectivity index (χ3v) is 3.36. The van der Waals surface area contributed by atoms with Crippen LogP contribution in [0.1, 0.15) is 22.7 Å². The maximum atomic E-state index is 14.0. The maximum absolute atomic E-state index is 14.0. The molecule has 1 heterocycles. The second kappa shape index (κ2) is 5.92. The van der Waals surface area contributed by atoms with Gasteiger partial charge in [-0.3, -0.25) is 0 Å². The topological polar surface area (TPSA) is 47.6 Å². The number of carbonyl (C=O) groups excluding carboxylic acids is 1. The Morgan fingerprint density at radius 2 is 1.76 bits per heavy atom. The highest BCUT2D eigenvalue weighted by Gasteiger charge is 2.52. The molecule has 1 aromatic rings. The molecule has 0 radical (unpaired) electrons. The summed E-state index contributed by atoms with van der Waals surface area (Å²) in [5, 5.41) is 1.50. The van der Waals surface area contributed by atoms with E-state index in [1.54, 1.807) is 0 Å². The van der Waals surface area contributed by atoms with Gasteiger partial charge in [-0.05, 0) is 12.1 Å². The van der Waals surface area contributed by atoms with Crippen molar-refractivity contribution in [1.29, 1.82) is 0 Å². The van der Waals surface area contributed by atoms with Crippen LogP contribution in [0.2, 0.25) is 0 Å². The second-order valence-corrected chi connectivity index (χ2v) is 5.05. The minimum Gasteiger partial charge on any atom is -0.496 e. The van der Waals surface area contributed by atoms with Crippen LogP contribution in [-0.4, -0.2) is 25.7 Å². The van der Waals surface area contributed by atoms with E-state index in [4.69, 9.17) is 0 Å². The van der Waals surface area contributed by atoms with Gasteiger partial charge in [0.15, 0.2) is 6.61 Å². The van der Waals surface area contributed by atoms with Crippen molar-refractivity contribution in [2.75, 3.05) is 13.7 Å². The molecular formula is C13H9F8NO3. The van der Waals surface area contributed by atoms with Gasteiger partial charge in [-0.1, -0.05) is 0 Å². The number of halogens is 8. The fraction of sp³-hybridized carbons (Fsp3) is 0.462. The summed E-state index contributed by atoms with van der Waals surface area (Å²) in [5.41, 5.74) is -5.04. The highest BCUT2D eigenvalue weighted by Crippen LogP contribution is 2.47. The van der Waals surface area contributed by atoms with Gasteiger partial charge in [0, 0.05) is 5.56 Å². The fourth-order valence-corrected chi connectivity index (χ4v) is 2.29. The second-order valence-electron chi connectivity index (χ2n) is 5.05.